The van der Waals surface area contributed by atoms with Crippen LogP contribution in [0.5, 0.6) is 0 Å². The summed E-state index contributed by atoms with van der Waals surface area (Å²) in [5, 5.41) is 0. The third-order valence-electron chi connectivity index (χ3n) is 4.76. The first-order valence-corrected chi connectivity index (χ1v) is 15.4. The Morgan fingerprint density at radius 3 is 1.32 bits per heavy atom. The van der Waals surface area contributed by atoms with Gasteiger partial charge in [0.1, 0.15) is 31.2 Å². The Morgan fingerprint density at radius 2 is 1.00 bits per heavy atom. The Morgan fingerprint density at radius 1 is 0.650 bits per heavy atom. The van der Waals surface area contributed by atoms with E-state index in [9.17, 15) is 23.5 Å². The second-order valence-corrected chi connectivity index (χ2v) is 11.2. The average Bonchev–Trinajstić information content (AvgIpc) is 2.84. The van der Waals surface area contributed by atoms with Gasteiger partial charge < -0.3 is 38.5 Å². The molecule has 0 aliphatic heterocycles. The molecule has 0 saturated heterocycles. The highest BCUT2D eigenvalue weighted by molar-refractivity contribution is 7.46. The van der Waals surface area contributed by atoms with Crippen LogP contribution in [0, 0.1) is 0 Å². The normalized spacial score (nSPS) is 12.0. The van der Waals surface area contributed by atoms with Crippen LogP contribution in [0.2, 0.25) is 0 Å². The molecule has 0 spiro atoms. The van der Waals surface area contributed by atoms with Gasteiger partial charge in [-0.15, -0.1) is 0 Å². The number of carbonyl (C=O) groups excluding carboxylic acids is 3. The van der Waals surface area contributed by atoms with Crippen LogP contribution in [0.3, 0.4) is 0 Å². The number of phosphoric acid groups is 2. The number of ether oxygens (including phenoxy) is 4. The topological polar surface area (TPSA) is 222 Å². The van der Waals surface area contributed by atoms with Crippen molar-refractivity contribution in [3.8, 4) is 0 Å². The molecule has 40 heavy (non-hydrogen) atoms. The Kier molecular flexibility index (Phi) is 19.3. The number of unbranched alkanes of at least 4 members (excludes halogenated alkanes) is 2. The molecule has 0 aliphatic carbocycles. The highest BCUT2D eigenvalue weighted by atomic mass is 31.2. The van der Waals surface area contributed by atoms with Crippen molar-refractivity contribution >= 4 is 33.4 Å². The highest BCUT2D eigenvalue weighted by Crippen LogP contribution is 2.38. The number of phosphoric ester groups is 2. The lowest BCUT2D eigenvalue weighted by Crippen LogP contribution is -2.29. The van der Waals surface area contributed by atoms with Crippen LogP contribution >= 0.6 is 15.6 Å². The summed E-state index contributed by atoms with van der Waals surface area (Å²) in [5.41, 5.74) is 0.427. The van der Waals surface area contributed by atoms with E-state index in [1.165, 1.54) is 13.8 Å². The van der Waals surface area contributed by atoms with E-state index < -0.39 is 53.0 Å². The van der Waals surface area contributed by atoms with Crippen LogP contribution in [0.1, 0.15) is 52.4 Å². The van der Waals surface area contributed by atoms with Crippen LogP contribution in [0.4, 0.5) is 0 Å². The molecule has 0 saturated carbocycles. The zero-order valence-electron chi connectivity index (χ0n) is 22.7. The summed E-state index contributed by atoms with van der Waals surface area (Å²) in [6.45, 7) is 8.64. The van der Waals surface area contributed by atoms with Gasteiger partial charge in [-0.2, -0.15) is 0 Å². The molecule has 0 aromatic carbocycles. The Hall–Kier alpha value is -1.77. The van der Waals surface area contributed by atoms with Crippen molar-refractivity contribution < 1.29 is 71.1 Å². The molecule has 0 amide bonds. The summed E-state index contributed by atoms with van der Waals surface area (Å²) in [4.78, 5) is 70.5. The quantitative estimate of drug-likeness (QED) is 0.0526. The Balaban J connectivity index is 4.29. The monoisotopic (exact) mass is 618 g/mol. The molecule has 0 radical (unpaired) electrons. The van der Waals surface area contributed by atoms with Gasteiger partial charge in [0, 0.05) is 37.2 Å². The van der Waals surface area contributed by atoms with Gasteiger partial charge >= 0.3 is 27.6 Å². The van der Waals surface area contributed by atoms with Gasteiger partial charge in [0.05, 0.1) is 13.2 Å². The lowest BCUT2D eigenvalue weighted by molar-refractivity contribution is -0.150. The molecule has 15 nitrogen and oxygen atoms in total. The number of rotatable bonds is 24. The van der Waals surface area contributed by atoms with Crippen molar-refractivity contribution in [3.63, 3.8) is 0 Å². The first kappa shape index (κ1) is 38.2. The molecule has 0 bridgehead atoms. The molecule has 232 valence electrons. The molecule has 0 aromatic rings. The van der Waals surface area contributed by atoms with Crippen molar-refractivity contribution in [1.82, 2.24) is 0 Å². The molecule has 0 heterocycles. The molecular weight excluding hydrogens is 578 g/mol. The zero-order chi connectivity index (χ0) is 30.8. The molecular formula is C23H40O15P2. The summed E-state index contributed by atoms with van der Waals surface area (Å²) in [5.74, 6) is -1.21. The predicted molar refractivity (Wildman–Crippen MR) is 140 cm³/mol. The van der Waals surface area contributed by atoms with E-state index >= 15 is 0 Å². The van der Waals surface area contributed by atoms with E-state index in [0.29, 0.717) is 32.1 Å². The van der Waals surface area contributed by atoms with Crippen LogP contribution in [0.25, 0.3) is 0 Å². The zero-order valence-corrected chi connectivity index (χ0v) is 24.5. The summed E-state index contributed by atoms with van der Waals surface area (Å²) in [7, 11) is -9.63. The van der Waals surface area contributed by atoms with Crippen molar-refractivity contribution in [1.29, 1.82) is 0 Å². The van der Waals surface area contributed by atoms with Crippen molar-refractivity contribution in [2.45, 2.75) is 64.6 Å². The minimum atomic E-state index is -4.82. The van der Waals surface area contributed by atoms with Gasteiger partial charge in [0.2, 0.25) is 0 Å². The minimum Gasteiger partial charge on any atom is -0.459 e. The molecule has 0 aliphatic rings. The molecule has 0 fully saturated rings. The number of hydrogen-bond acceptors (Lipinski definition) is 11. The lowest BCUT2D eigenvalue weighted by atomic mass is 10.1. The van der Waals surface area contributed by atoms with Gasteiger partial charge in [-0.1, -0.05) is 13.2 Å². The van der Waals surface area contributed by atoms with Gasteiger partial charge in [0.15, 0.2) is 0 Å². The fourth-order valence-electron chi connectivity index (χ4n) is 2.71. The smallest absolute Gasteiger partial charge is 0.459 e. The van der Waals surface area contributed by atoms with Gasteiger partial charge in [0.25, 0.3) is 0 Å². The maximum absolute atomic E-state index is 12.1. The van der Waals surface area contributed by atoms with Gasteiger partial charge in [-0.3, -0.25) is 13.8 Å². The molecule has 0 atom stereocenters. The predicted octanol–water partition coefficient (Wildman–Crippen LogP) is 2.12. The highest BCUT2D eigenvalue weighted by Gasteiger charge is 2.23. The number of carbonyl (C=O) groups is 3. The van der Waals surface area contributed by atoms with Crippen molar-refractivity contribution in [3.05, 3.63) is 24.3 Å². The number of Topliss-reactive ketones (excluding diaryl/α,β-unsaturated/α-hetero) is 1. The standard InChI is InChI=1S/C23H40O15P2/c1-17(2)22(25)35-13-20(14-36-23(26)18(3)4)33-11-7-5-9-19(24)10-6-8-12-34-21(15-37-39(27,28)29)16-38-40(30,31)32/h20-21H,1,3,5-16H2,2,4H3,(H2,27,28,29)(H2,30,31,32). The Labute approximate surface area is 233 Å². The fourth-order valence-corrected chi connectivity index (χ4v) is 3.43. The SMILES string of the molecule is C=C(C)C(=O)OCC(COC(=O)C(=C)C)OCCCCC(=O)CCCCOC(COP(=O)(O)O)COP(=O)(O)O. The summed E-state index contributed by atoms with van der Waals surface area (Å²) >= 11 is 0. The fraction of sp³-hybridized carbons (Fsp3) is 0.696. The molecule has 0 unspecified atom stereocenters. The van der Waals surface area contributed by atoms with Crippen LogP contribution in [-0.4, -0.2) is 89.1 Å². The van der Waals surface area contributed by atoms with E-state index in [0.717, 1.165) is 0 Å². The van der Waals surface area contributed by atoms with Gasteiger partial charge in [-0.05, 0) is 39.5 Å². The van der Waals surface area contributed by atoms with Gasteiger partial charge in [-0.25, -0.2) is 18.7 Å². The lowest BCUT2D eigenvalue weighted by Gasteiger charge is -2.18. The van der Waals surface area contributed by atoms with Crippen LogP contribution in [-0.2, 0) is 51.5 Å². The molecule has 4 N–H and O–H groups in total. The summed E-state index contributed by atoms with van der Waals surface area (Å²) in [6, 6.07) is 0. The average molecular weight is 619 g/mol. The molecule has 0 aromatic heterocycles. The van der Waals surface area contributed by atoms with E-state index in [4.69, 9.17) is 38.5 Å². The maximum atomic E-state index is 12.1. The number of ketones is 1. The molecule has 0 rings (SSSR count). The second kappa shape index (κ2) is 20.2. The van der Waals surface area contributed by atoms with E-state index in [1.54, 1.807) is 0 Å². The number of esters is 2. The Bertz CT molecular complexity index is 867. The van der Waals surface area contributed by atoms with Crippen molar-refractivity contribution in [2.75, 3.05) is 39.6 Å². The summed E-state index contributed by atoms with van der Waals surface area (Å²) < 4.78 is 51.3. The van der Waals surface area contributed by atoms with Crippen molar-refractivity contribution in [2.24, 2.45) is 0 Å². The third-order valence-corrected chi connectivity index (χ3v) is 5.73. The van der Waals surface area contributed by atoms with E-state index in [1.807, 2.05) is 0 Å². The number of hydrogen-bond donors (Lipinski definition) is 4. The second-order valence-electron chi connectivity index (χ2n) is 8.77. The first-order chi connectivity index (χ1) is 18.5. The molecule has 17 heteroatoms. The van der Waals surface area contributed by atoms with Crippen LogP contribution < -0.4 is 0 Å². The van der Waals surface area contributed by atoms with Crippen LogP contribution in [0.15, 0.2) is 24.3 Å². The first-order valence-electron chi connectivity index (χ1n) is 12.3. The van der Waals surface area contributed by atoms with E-state index in [-0.39, 0.29) is 49.8 Å². The maximum Gasteiger partial charge on any atom is 0.469 e. The van der Waals surface area contributed by atoms with E-state index in [2.05, 4.69) is 22.2 Å². The minimum absolute atomic E-state index is 0.00598. The summed E-state index contributed by atoms with van der Waals surface area (Å²) in [6.07, 6.45) is 0.590. The largest absolute Gasteiger partial charge is 0.469 e. The third kappa shape index (κ3) is 23.0.